The van der Waals surface area contributed by atoms with Gasteiger partial charge in [0.2, 0.25) is 0 Å². The highest BCUT2D eigenvalue weighted by Crippen LogP contribution is 2.47. The summed E-state index contributed by atoms with van der Waals surface area (Å²) in [5.41, 5.74) is 5.14. The summed E-state index contributed by atoms with van der Waals surface area (Å²) < 4.78 is 0. The first-order chi connectivity index (χ1) is 11.0. The molecule has 124 valence electrons. The molecular formula is C22H31N. The van der Waals surface area contributed by atoms with Gasteiger partial charge in [-0.05, 0) is 50.7 Å². The van der Waals surface area contributed by atoms with E-state index in [4.69, 9.17) is 0 Å². The minimum absolute atomic E-state index is 0.226. The lowest BCUT2D eigenvalue weighted by atomic mass is 9.78. The summed E-state index contributed by atoms with van der Waals surface area (Å²) in [5.74, 6) is 0. The number of nitrogens with zero attached hydrogens (tertiary/aromatic N) is 1. The molecule has 1 heteroatoms. The van der Waals surface area contributed by atoms with Crippen LogP contribution in [0.2, 0.25) is 0 Å². The third-order valence-corrected chi connectivity index (χ3v) is 5.61. The number of likely N-dealkylation sites (tertiary alicyclic amines) is 1. The Morgan fingerprint density at radius 3 is 2.52 bits per heavy atom. The quantitative estimate of drug-likeness (QED) is 0.676. The van der Waals surface area contributed by atoms with Crippen LogP contribution in [-0.4, -0.2) is 17.0 Å². The van der Waals surface area contributed by atoms with Crippen molar-refractivity contribution in [2.75, 3.05) is 6.54 Å². The molecule has 1 atom stereocenters. The molecule has 0 bridgehead atoms. The van der Waals surface area contributed by atoms with Gasteiger partial charge in [-0.2, -0.15) is 0 Å². The van der Waals surface area contributed by atoms with Gasteiger partial charge >= 0.3 is 0 Å². The highest BCUT2D eigenvalue weighted by Gasteiger charge is 2.47. The number of rotatable bonds is 4. The normalized spacial score (nSPS) is 26.9. The van der Waals surface area contributed by atoms with E-state index < -0.39 is 0 Å². The van der Waals surface area contributed by atoms with Crippen LogP contribution in [0.15, 0.2) is 53.8 Å². The fourth-order valence-electron chi connectivity index (χ4n) is 4.67. The summed E-state index contributed by atoms with van der Waals surface area (Å²) >= 11 is 0. The van der Waals surface area contributed by atoms with Crippen LogP contribution in [0.1, 0.15) is 65.4 Å². The molecule has 23 heavy (non-hydrogen) atoms. The van der Waals surface area contributed by atoms with Gasteiger partial charge in [0.1, 0.15) is 0 Å². The van der Waals surface area contributed by atoms with E-state index in [-0.39, 0.29) is 11.0 Å². The van der Waals surface area contributed by atoms with Crippen LogP contribution >= 0.6 is 0 Å². The summed E-state index contributed by atoms with van der Waals surface area (Å²) in [6, 6.07) is 11.1. The minimum atomic E-state index is 0.226. The zero-order valence-corrected chi connectivity index (χ0v) is 15.2. The predicted molar refractivity (Wildman–Crippen MR) is 99.5 cm³/mol. The van der Waals surface area contributed by atoms with Gasteiger partial charge in [-0.15, -0.1) is 0 Å². The molecule has 1 aromatic rings. The van der Waals surface area contributed by atoms with E-state index in [0.717, 1.165) is 6.54 Å². The Morgan fingerprint density at radius 2 is 1.83 bits per heavy atom. The number of hydrogen-bond donors (Lipinski definition) is 0. The van der Waals surface area contributed by atoms with Crippen molar-refractivity contribution >= 4 is 0 Å². The van der Waals surface area contributed by atoms with Crippen LogP contribution in [-0.2, 0) is 5.41 Å². The smallest absolute Gasteiger partial charge is 0.0352 e. The van der Waals surface area contributed by atoms with Crippen molar-refractivity contribution in [1.82, 2.24) is 4.90 Å². The molecule has 1 aliphatic carbocycles. The van der Waals surface area contributed by atoms with Crippen molar-refractivity contribution in [2.24, 2.45) is 0 Å². The molecular weight excluding hydrogens is 278 g/mol. The second kappa shape index (κ2) is 6.19. The van der Waals surface area contributed by atoms with Crippen molar-refractivity contribution in [3.05, 3.63) is 59.3 Å². The van der Waals surface area contributed by atoms with Gasteiger partial charge in [-0.1, -0.05) is 62.8 Å². The highest BCUT2D eigenvalue weighted by atomic mass is 15.2. The first kappa shape index (κ1) is 16.4. The Morgan fingerprint density at radius 1 is 1.09 bits per heavy atom. The van der Waals surface area contributed by atoms with Crippen molar-refractivity contribution in [1.29, 1.82) is 0 Å². The Kier molecular flexibility index (Phi) is 4.40. The maximum atomic E-state index is 2.73. The molecule has 0 aromatic heterocycles. The molecule has 1 nitrogen and oxygen atoms in total. The second-order valence-corrected chi connectivity index (χ2v) is 8.17. The standard InChI is InChI=1S/C22H31N/c1-5-11-18-12-9-10-15-20(18)23-17-22(4,16-21(23,2)3)19-13-7-6-8-14-19/h6-9,12-14H,5,10-11,15-17H2,1-4H3/t22-/m1/s1. The second-order valence-electron chi connectivity index (χ2n) is 8.17. The monoisotopic (exact) mass is 309 g/mol. The van der Waals surface area contributed by atoms with E-state index in [9.17, 15) is 0 Å². The molecule has 1 aromatic carbocycles. The molecule has 0 spiro atoms. The van der Waals surface area contributed by atoms with Crippen LogP contribution in [0.5, 0.6) is 0 Å². The minimum Gasteiger partial charge on any atom is -0.369 e. The highest BCUT2D eigenvalue weighted by molar-refractivity contribution is 5.34. The van der Waals surface area contributed by atoms with E-state index in [1.807, 2.05) is 0 Å². The van der Waals surface area contributed by atoms with Gasteiger partial charge in [0.25, 0.3) is 0 Å². The zero-order valence-electron chi connectivity index (χ0n) is 15.2. The van der Waals surface area contributed by atoms with Gasteiger partial charge in [0.15, 0.2) is 0 Å². The van der Waals surface area contributed by atoms with Crippen LogP contribution in [0.4, 0.5) is 0 Å². The lowest BCUT2D eigenvalue weighted by Gasteiger charge is -2.38. The summed E-state index contributed by atoms with van der Waals surface area (Å²) in [5, 5.41) is 0. The summed E-state index contributed by atoms with van der Waals surface area (Å²) in [6.45, 7) is 10.7. The molecule has 0 unspecified atom stereocenters. The van der Waals surface area contributed by atoms with E-state index >= 15 is 0 Å². The van der Waals surface area contributed by atoms with E-state index in [1.54, 1.807) is 11.3 Å². The van der Waals surface area contributed by atoms with E-state index in [1.165, 1.54) is 37.7 Å². The number of hydrogen-bond acceptors (Lipinski definition) is 1. The van der Waals surface area contributed by atoms with Crippen LogP contribution in [0.25, 0.3) is 0 Å². The van der Waals surface area contributed by atoms with Crippen LogP contribution in [0, 0.1) is 0 Å². The van der Waals surface area contributed by atoms with E-state index in [0.29, 0.717) is 0 Å². The molecule has 1 heterocycles. The average molecular weight is 309 g/mol. The largest absolute Gasteiger partial charge is 0.369 e. The topological polar surface area (TPSA) is 3.24 Å². The van der Waals surface area contributed by atoms with Crippen LogP contribution < -0.4 is 0 Å². The first-order valence-corrected chi connectivity index (χ1v) is 9.18. The van der Waals surface area contributed by atoms with Crippen molar-refractivity contribution < 1.29 is 0 Å². The third kappa shape index (κ3) is 3.11. The Hall–Kier alpha value is -1.50. The van der Waals surface area contributed by atoms with Crippen molar-refractivity contribution in [2.45, 2.75) is 70.8 Å². The zero-order chi connectivity index (χ0) is 16.5. The number of benzene rings is 1. The fourth-order valence-corrected chi connectivity index (χ4v) is 4.67. The summed E-state index contributed by atoms with van der Waals surface area (Å²) in [6.07, 6.45) is 10.8. The third-order valence-electron chi connectivity index (χ3n) is 5.61. The predicted octanol–water partition coefficient (Wildman–Crippen LogP) is 5.83. The molecule has 3 rings (SSSR count). The van der Waals surface area contributed by atoms with Crippen molar-refractivity contribution in [3.8, 4) is 0 Å². The fraction of sp³-hybridized carbons (Fsp3) is 0.545. The Bertz CT molecular complexity index is 608. The van der Waals surface area contributed by atoms with Crippen LogP contribution in [0.3, 0.4) is 0 Å². The first-order valence-electron chi connectivity index (χ1n) is 9.18. The molecule has 0 radical (unpaired) electrons. The molecule has 1 aliphatic heterocycles. The summed E-state index contributed by atoms with van der Waals surface area (Å²) in [7, 11) is 0. The average Bonchev–Trinajstić information content (AvgIpc) is 2.80. The molecule has 0 amide bonds. The molecule has 1 saturated heterocycles. The molecule has 1 fully saturated rings. The molecule has 0 saturated carbocycles. The Balaban J connectivity index is 1.96. The molecule has 2 aliphatic rings. The molecule has 0 N–H and O–H groups in total. The number of allylic oxidation sites excluding steroid dienone is 4. The van der Waals surface area contributed by atoms with Gasteiger partial charge in [-0.3, -0.25) is 0 Å². The summed E-state index contributed by atoms with van der Waals surface area (Å²) in [4.78, 5) is 2.73. The van der Waals surface area contributed by atoms with E-state index in [2.05, 4.69) is 75.1 Å². The lowest BCUT2D eigenvalue weighted by molar-refractivity contribution is 0.217. The maximum absolute atomic E-state index is 2.73. The van der Waals surface area contributed by atoms with Crippen molar-refractivity contribution in [3.63, 3.8) is 0 Å². The SMILES string of the molecule is CCCC1=C(N2C[C@](C)(c3ccccc3)CC2(C)C)CCC=C1. The van der Waals surface area contributed by atoms with Gasteiger partial charge in [0.05, 0.1) is 0 Å². The van der Waals surface area contributed by atoms with Gasteiger partial charge < -0.3 is 4.90 Å². The van der Waals surface area contributed by atoms with Gasteiger partial charge in [0, 0.05) is 23.2 Å². The van der Waals surface area contributed by atoms with Gasteiger partial charge in [-0.25, -0.2) is 0 Å². The maximum Gasteiger partial charge on any atom is 0.0352 e. The lowest BCUT2D eigenvalue weighted by Crippen LogP contribution is -2.38. The Labute approximate surface area is 142 Å².